The van der Waals surface area contributed by atoms with Gasteiger partial charge in [-0.15, -0.1) is 0 Å². The number of alkyl carbamates (subject to hydrolysis) is 1. The van der Waals surface area contributed by atoms with E-state index in [4.69, 9.17) is 4.74 Å². The fourth-order valence-corrected chi connectivity index (χ4v) is 4.51. The average Bonchev–Trinajstić information content (AvgIpc) is 3.42. The molecule has 0 fully saturated rings. The van der Waals surface area contributed by atoms with E-state index >= 15 is 0 Å². The van der Waals surface area contributed by atoms with Gasteiger partial charge in [0.05, 0.1) is 18.5 Å². The van der Waals surface area contributed by atoms with Crippen LogP contribution in [-0.2, 0) is 32.0 Å². The average molecular weight is 615 g/mol. The first kappa shape index (κ1) is 36.3. The summed E-state index contributed by atoms with van der Waals surface area (Å²) in [5.74, 6) is -1.00. The van der Waals surface area contributed by atoms with Crippen LogP contribution < -0.4 is 21.3 Å². The number of H-pyrrole nitrogens is 1. The summed E-state index contributed by atoms with van der Waals surface area (Å²) in [6.45, 7) is 12.9. The molecular weight excluding hydrogens is 564 g/mol. The Bertz CT molecular complexity index is 1180. The minimum atomic E-state index is -1.07. The number of benzene rings is 1. The Hall–Kier alpha value is -3.93. The number of carbonyl (C=O) groups is 4. The number of aliphatic hydroxyl groups excluding tert-OH is 1. The van der Waals surface area contributed by atoms with Gasteiger partial charge in [0.25, 0.3) is 0 Å². The van der Waals surface area contributed by atoms with Gasteiger partial charge in [0, 0.05) is 37.7 Å². The number of imidazole rings is 1. The van der Waals surface area contributed by atoms with Crippen molar-refractivity contribution in [2.75, 3.05) is 6.54 Å². The highest BCUT2D eigenvalue weighted by Gasteiger charge is 2.31. The molecular formula is C32H50N6O6. The molecule has 1 heterocycles. The number of hydrogen-bond donors (Lipinski definition) is 6. The van der Waals surface area contributed by atoms with E-state index in [9.17, 15) is 24.3 Å². The molecule has 6 N–H and O–H groups in total. The number of aliphatic hydroxyl groups is 1. The molecule has 12 nitrogen and oxygen atoms in total. The normalized spacial score (nSPS) is 14.3. The third kappa shape index (κ3) is 14.0. The Morgan fingerprint density at radius 1 is 0.909 bits per heavy atom. The quantitative estimate of drug-likeness (QED) is 0.168. The first-order valence-corrected chi connectivity index (χ1v) is 15.2. The van der Waals surface area contributed by atoms with Crippen LogP contribution in [0.25, 0.3) is 0 Å². The molecule has 0 saturated heterocycles. The number of amides is 4. The Balaban J connectivity index is 2.25. The number of hydrogen-bond acceptors (Lipinski definition) is 7. The molecule has 244 valence electrons. The van der Waals surface area contributed by atoms with Crippen LogP contribution in [0.15, 0.2) is 42.9 Å². The third-order valence-corrected chi connectivity index (χ3v) is 6.52. The van der Waals surface area contributed by atoms with Crippen LogP contribution in [0.2, 0.25) is 0 Å². The highest BCUT2D eigenvalue weighted by molar-refractivity contribution is 5.91. The Labute approximate surface area is 260 Å². The Morgan fingerprint density at radius 3 is 2.11 bits per heavy atom. The van der Waals surface area contributed by atoms with Gasteiger partial charge in [-0.3, -0.25) is 14.4 Å². The monoisotopic (exact) mass is 614 g/mol. The van der Waals surface area contributed by atoms with Crippen molar-refractivity contribution in [3.05, 3.63) is 54.1 Å². The summed E-state index contributed by atoms with van der Waals surface area (Å²) in [6.07, 6.45) is 2.22. The molecule has 0 bridgehead atoms. The van der Waals surface area contributed by atoms with E-state index in [1.807, 2.05) is 58.0 Å². The second-order valence-electron chi connectivity index (χ2n) is 12.9. The molecule has 12 heteroatoms. The predicted molar refractivity (Wildman–Crippen MR) is 167 cm³/mol. The lowest BCUT2D eigenvalue weighted by Gasteiger charge is -2.29. The van der Waals surface area contributed by atoms with Crippen molar-refractivity contribution in [3.63, 3.8) is 0 Å². The van der Waals surface area contributed by atoms with Gasteiger partial charge in [0.1, 0.15) is 17.7 Å². The van der Waals surface area contributed by atoms with Crippen LogP contribution in [0.3, 0.4) is 0 Å². The molecule has 2 rings (SSSR count). The van der Waals surface area contributed by atoms with E-state index in [-0.39, 0.29) is 37.1 Å². The zero-order valence-corrected chi connectivity index (χ0v) is 27.0. The lowest BCUT2D eigenvalue weighted by Crippen LogP contribution is -2.58. The molecule has 0 radical (unpaired) electrons. The first-order chi connectivity index (χ1) is 20.6. The van der Waals surface area contributed by atoms with Gasteiger partial charge >= 0.3 is 6.09 Å². The first-order valence-electron chi connectivity index (χ1n) is 15.2. The van der Waals surface area contributed by atoms with Gasteiger partial charge in [-0.05, 0) is 44.6 Å². The third-order valence-electron chi connectivity index (χ3n) is 6.52. The summed E-state index contributed by atoms with van der Waals surface area (Å²) in [4.78, 5) is 59.2. The van der Waals surface area contributed by atoms with E-state index in [0.717, 1.165) is 5.56 Å². The molecule has 0 spiro atoms. The molecule has 4 atom stereocenters. The van der Waals surface area contributed by atoms with Gasteiger partial charge in [0.15, 0.2) is 0 Å². The van der Waals surface area contributed by atoms with Crippen molar-refractivity contribution in [1.29, 1.82) is 0 Å². The molecule has 0 unspecified atom stereocenters. The standard InChI is InChI=1S/C32H50N6O6/c1-20(2)13-24(27(39)18-34-28(40)14-21(3)4)36-30(42)26(16-23-17-33-19-35-23)37-29(41)25(15-22-11-9-8-10-12-22)38-31(43)44-32(5,6)7/h8-12,17,19-21,24-27,39H,13-16,18H2,1-7H3,(H,33,35)(H,34,40)(H,36,42)(H,37,41)(H,38,43)/t24-,25-,26-,27-/m0/s1. The van der Waals surface area contributed by atoms with Crippen molar-refractivity contribution in [2.45, 2.75) is 104 Å². The fraction of sp³-hybridized carbons (Fsp3) is 0.594. The summed E-state index contributed by atoms with van der Waals surface area (Å²) in [6, 6.07) is 6.38. The smallest absolute Gasteiger partial charge is 0.408 e. The van der Waals surface area contributed by atoms with Crippen molar-refractivity contribution in [3.8, 4) is 0 Å². The van der Waals surface area contributed by atoms with Crippen molar-refractivity contribution in [1.82, 2.24) is 31.2 Å². The van der Waals surface area contributed by atoms with E-state index < -0.39 is 47.7 Å². The molecule has 0 aliphatic rings. The number of ether oxygens (including phenoxy) is 1. The molecule has 0 saturated carbocycles. The molecule has 0 aliphatic heterocycles. The zero-order chi connectivity index (χ0) is 32.9. The van der Waals surface area contributed by atoms with Crippen molar-refractivity contribution in [2.24, 2.45) is 11.8 Å². The highest BCUT2D eigenvalue weighted by atomic mass is 16.6. The topological polar surface area (TPSA) is 175 Å². The van der Waals surface area contributed by atoms with E-state index in [1.165, 1.54) is 6.33 Å². The molecule has 1 aromatic heterocycles. The van der Waals surface area contributed by atoms with Crippen LogP contribution >= 0.6 is 0 Å². The Kier molecular flexibility index (Phi) is 14.3. The largest absolute Gasteiger partial charge is 0.444 e. The number of aromatic amines is 1. The number of carbonyl (C=O) groups excluding carboxylic acids is 4. The maximum atomic E-state index is 13.7. The summed E-state index contributed by atoms with van der Waals surface area (Å²) in [5.41, 5.74) is 0.631. The fourth-order valence-electron chi connectivity index (χ4n) is 4.51. The maximum absolute atomic E-state index is 13.7. The number of rotatable bonds is 16. The SMILES string of the molecule is CC(C)CC(=O)NC[C@H](O)[C@H](CC(C)C)NC(=O)[C@H](Cc1cnc[nH]1)NC(=O)[C@H](Cc1ccccc1)NC(=O)OC(C)(C)C. The number of aromatic nitrogens is 2. The number of nitrogens with zero attached hydrogens (tertiary/aromatic N) is 1. The van der Waals surface area contributed by atoms with E-state index in [2.05, 4.69) is 31.2 Å². The van der Waals surface area contributed by atoms with Gasteiger partial charge in [0.2, 0.25) is 17.7 Å². The van der Waals surface area contributed by atoms with Crippen LogP contribution in [0.5, 0.6) is 0 Å². The molecule has 2 aromatic rings. The molecule has 0 aliphatic carbocycles. The number of nitrogens with one attached hydrogen (secondary N) is 5. The van der Waals surface area contributed by atoms with Gasteiger partial charge in [-0.2, -0.15) is 0 Å². The van der Waals surface area contributed by atoms with Crippen LogP contribution in [0, 0.1) is 11.8 Å². The zero-order valence-electron chi connectivity index (χ0n) is 27.0. The second kappa shape index (κ2) is 17.4. The second-order valence-corrected chi connectivity index (χ2v) is 12.9. The minimum absolute atomic E-state index is 0.0280. The summed E-state index contributed by atoms with van der Waals surface area (Å²) in [5, 5.41) is 22.0. The van der Waals surface area contributed by atoms with Gasteiger partial charge < -0.3 is 36.1 Å². The molecule has 44 heavy (non-hydrogen) atoms. The minimum Gasteiger partial charge on any atom is -0.444 e. The lowest BCUT2D eigenvalue weighted by atomic mass is 9.98. The summed E-state index contributed by atoms with van der Waals surface area (Å²) >= 11 is 0. The van der Waals surface area contributed by atoms with Crippen LogP contribution in [0.1, 0.15) is 72.6 Å². The Morgan fingerprint density at radius 2 is 1.55 bits per heavy atom. The van der Waals surface area contributed by atoms with E-state index in [0.29, 0.717) is 18.5 Å². The van der Waals surface area contributed by atoms with Crippen molar-refractivity contribution >= 4 is 23.8 Å². The van der Waals surface area contributed by atoms with Gasteiger partial charge in [-0.25, -0.2) is 9.78 Å². The van der Waals surface area contributed by atoms with Crippen LogP contribution in [0.4, 0.5) is 4.79 Å². The van der Waals surface area contributed by atoms with Gasteiger partial charge in [-0.1, -0.05) is 58.0 Å². The summed E-state index contributed by atoms with van der Waals surface area (Å²) < 4.78 is 5.39. The molecule has 1 aromatic carbocycles. The van der Waals surface area contributed by atoms with Crippen LogP contribution in [-0.4, -0.2) is 75.3 Å². The lowest BCUT2D eigenvalue weighted by molar-refractivity contribution is -0.131. The van der Waals surface area contributed by atoms with Crippen molar-refractivity contribution < 1.29 is 29.0 Å². The van der Waals surface area contributed by atoms with E-state index in [1.54, 1.807) is 27.0 Å². The maximum Gasteiger partial charge on any atom is 0.408 e. The highest BCUT2D eigenvalue weighted by Crippen LogP contribution is 2.12. The predicted octanol–water partition coefficient (Wildman–Crippen LogP) is 2.63. The summed E-state index contributed by atoms with van der Waals surface area (Å²) in [7, 11) is 0. The molecule has 4 amide bonds.